The minimum Gasteiger partial charge on any atom is -0.378 e. The molecule has 8 heteroatoms. The summed E-state index contributed by atoms with van der Waals surface area (Å²) in [6.45, 7) is 0.367. The first kappa shape index (κ1) is 23.7. The summed E-state index contributed by atoms with van der Waals surface area (Å²) in [5.74, 6) is 0.793. The van der Waals surface area contributed by atoms with Crippen molar-refractivity contribution in [1.29, 1.82) is 10.8 Å². The van der Waals surface area contributed by atoms with Crippen LogP contribution in [0.3, 0.4) is 0 Å². The first-order valence-electron chi connectivity index (χ1n) is 11.9. The first-order valence-corrected chi connectivity index (χ1v) is 11.9. The van der Waals surface area contributed by atoms with E-state index in [1.807, 2.05) is 97.9 Å². The fourth-order valence-corrected chi connectivity index (χ4v) is 4.18. The van der Waals surface area contributed by atoms with E-state index in [1.165, 1.54) is 0 Å². The molecular weight excluding hydrogens is 462 g/mol. The molecule has 4 aromatic rings. The Kier molecular flexibility index (Phi) is 6.38. The lowest BCUT2D eigenvalue weighted by Crippen LogP contribution is -2.36. The van der Waals surface area contributed by atoms with Crippen molar-refractivity contribution in [2.24, 2.45) is 0 Å². The molecule has 0 saturated carbocycles. The molecule has 0 unspecified atom stereocenters. The molecule has 1 aliphatic rings. The second kappa shape index (κ2) is 9.94. The Morgan fingerprint density at radius 3 is 2.38 bits per heavy atom. The van der Waals surface area contributed by atoms with Crippen molar-refractivity contribution in [3.8, 4) is 0 Å². The third-order valence-electron chi connectivity index (χ3n) is 6.24. The van der Waals surface area contributed by atoms with Crippen molar-refractivity contribution in [2.75, 3.05) is 29.2 Å². The van der Waals surface area contributed by atoms with Crippen LogP contribution in [-0.4, -0.2) is 36.7 Å². The smallest absolute Gasteiger partial charge is 0.251 e. The molecule has 0 bridgehead atoms. The fourth-order valence-electron chi connectivity index (χ4n) is 4.18. The van der Waals surface area contributed by atoms with Crippen LogP contribution >= 0.6 is 0 Å². The lowest BCUT2D eigenvalue weighted by atomic mass is 10.1. The minimum atomic E-state index is -0.143. The number of anilines is 4. The highest BCUT2D eigenvalue weighted by Gasteiger charge is 2.28. The molecular formula is C29H27N7O. The fraction of sp³-hybridized carbons (Fsp3) is 0.103. The summed E-state index contributed by atoms with van der Waals surface area (Å²) in [5, 5.41) is 24.1. The van der Waals surface area contributed by atoms with E-state index in [0.29, 0.717) is 34.7 Å². The SMILES string of the molecule is CN(C)c1ccc(C(=O)NCc2ccc(C(=N)N3C(=N)c4ccccc4Nc4ncccc43)cc2)cc1. The van der Waals surface area contributed by atoms with Crippen LogP contribution in [0.5, 0.6) is 0 Å². The molecule has 4 N–H and O–H groups in total. The summed E-state index contributed by atoms with van der Waals surface area (Å²) in [6.07, 6.45) is 1.69. The highest BCUT2D eigenvalue weighted by molar-refractivity contribution is 6.30. The maximum atomic E-state index is 12.6. The number of nitrogens with zero attached hydrogens (tertiary/aromatic N) is 3. The molecule has 3 aromatic carbocycles. The quantitative estimate of drug-likeness (QED) is 0.233. The molecule has 0 atom stereocenters. The van der Waals surface area contributed by atoms with Crippen LogP contribution in [-0.2, 0) is 6.54 Å². The Hall–Kier alpha value is -4.98. The summed E-state index contributed by atoms with van der Waals surface area (Å²) in [5.41, 5.74) is 5.27. The Bertz CT molecular complexity index is 1480. The van der Waals surface area contributed by atoms with Gasteiger partial charge in [-0.1, -0.05) is 36.4 Å². The number of aromatic nitrogens is 1. The van der Waals surface area contributed by atoms with Crippen LogP contribution in [0, 0.1) is 10.8 Å². The minimum absolute atomic E-state index is 0.143. The van der Waals surface area contributed by atoms with Crippen molar-refractivity contribution >= 4 is 40.5 Å². The van der Waals surface area contributed by atoms with Crippen molar-refractivity contribution < 1.29 is 4.79 Å². The molecule has 0 fully saturated rings. The molecule has 0 saturated heterocycles. The molecule has 0 spiro atoms. The van der Waals surface area contributed by atoms with Gasteiger partial charge in [-0.3, -0.25) is 20.5 Å². The van der Waals surface area contributed by atoms with E-state index in [1.54, 1.807) is 17.2 Å². The number of fused-ring (bicyclic) bond motifs is 2. The van der Waals surface area contributed by atoms with Gasteiger partial charge in [-0.2, -0.15) is 0 Å². The van der Waals surface area contributed by atoms with Crippen LogP contribution in [0.1, 0.15) is 27.0 Å². The second-order valence-electron chi connectivity index (χ2n) is 8.90. The lowest BCUT2D eigenvalue weighted by molar-refractivity contribution is 0.0951. The molecule has 1 aromatic heterocycles. The molecule has 8 nitrogen and oxygen atoms in total. The normalized spacial score (nSPS) is 12.1. The van der Waals surface area contributed by atoms with Crippen LogP contribution in [0.15, 0.2) is 91.1 Å². The number of nitrogens with one attached hydrogen (secondary N) is 4. The average molecular weight is 490 g/mol. The Morgan fingerprint density at radius 2 is 1.65 bits per heavy atom. The molecule has 184 valence electrons. The summed E-state index contributed by atoms with van der Waals surface area (Å²) >= 11 is 0. The van der Waals surface area contributed by atoms with Gasteiger partial charge >= 0.3 is 0 Å². The van der Waals surface area contributed by atoms with Crippen LogP contribution in [0.4, 0.5) is 22.9 Å². The van der Waals surface area contributed by atoms with Gasteiger partial charge in [0.1, 0.15) is 11.7 Å². The third kappa shape index (κ3) is 4.77. The second-order valence-corrected chi connectivity index (χ2v) is 8.90. The van der Waals surface area contributed by atoms with E-state index in [0.717, 1.165) is 16.9 Å². The number of benzene rings is 3. The van der Waals surface area contributed by atoms with Gasteiger partial charge in [0.25, 0.3) is 5.91 Å². The molecule has 5 rings (SSSR count). The van der Waals surface area contributed by atoms with Gasteiger partial charge in [-0.15, -0.1) is 0 Å². The zero-order chi connectivity index (χ0) is 25.9. The molecule has 1 amide bonds. The van der Waals surface area contributed by atoms with E-state index in [2.05, 4.69) is 15.6 Å². The van der Waals surface area contributed by atoms with Gasteiger partial charge in [0.2, 0.25) is 0 Å². The first-order chi connectivity index (χ1) is 17.9. The zero-order valence-corrected chi connectivity index (χ0v) is 20.6. The van der Waals surface area contributed by atoms with Gasteiger partial charge in [-0.25, -0.2) is 4.98 Å². The zero-order valence-electron chi connectivity index (χ0n) is 20.6. The number of amidine groups is 2. The number of hydrogen-bond acceptors (Lipinski definition) is 6. The molecule has 1 aliphatic heterocycles. The highest BCUT2D eigenvalue weighted by atomic mass is 16.1. The summed E-state index contributed by atoms with van der Waals surface area (Å²) in [6, 6.07) is 26.1. The van der Waals surface area contributed by atoms with Gasteiger partial charge in [0, 0.05) is 49.2 Å². The standard InChI is InChI=1S/C29H27N7O/c1-35(2)22-15-13-21(14-16-22)29(37)33-18-19-9-11-20(12-10-19)26(30)36-25-8-5-17-32-28(25)34-24-7-4-3-6-23(24)27(36)31/h3-17,30-31H,18H2,1-2H3,(H,32,34)(H,33,37). The van der Waals surface area contributed by atoms with E-state index in [4.69, 9.17) is 10.8 Å². The Morgan fingerprint density at radius 1 is 0.946 bits per heavy atom. The van der Waals surface area contributed by atoms with E-state index in [9.17, 15) is 4.79 Å². The number of carbonyl (C=O) groups excluding carboxylic acids is 1. The number of amides is 1. The Labute approximate surface area is 215 Å². The topological polar surface area (TPSA) is 108 Å². The number of rotatable bonds is 5. The van der Waals surface area contributed by atoms with Gasteiger partial charge in [-0.05, 0) is 54.1 Å². The lowest BCUT2D eigenvalue weighted by Gasteiger charge is -2.25. The number of hydrogen-bond donors (Lipinski definition) is 4. The van der Waals surface area contributed by atoms with Crippen LogP contribution in [0.25, 0.3) is 0 Å². The average Bonchev–Trinajstić information content (AvgIpc) is 3.05. The van der Waals surface area contributed by atoms with E-state index < -0.39 is 0 Å². The highest BCUT2D eigenvalue weighted by Crippen LogP contribution is 2.34. The predicted molar refractivity (Wildman–Crippen MR) is 148 cm³/mol. The van der Waals surface area contributed by atoms with Crippen molar-refractivity contribution in [3.05, 3.63) is 113 Å². The molecule has 37 heavy (non-hydrogen) atoms. The Balaban J connectivity index is 1.33. The predicted octanol–water partition coefficient (Wildman–Crippen LogP) is 4.99. The maximum Gasteiger partial charge on any atom is 0.251 e. The molecule has 2 heterocycles. The van der Waals surface area contributed by atoms with E-state index in [-0.39, 0.29) is 17.6 Å². The van der Waals surface area contributed by atoms with Crippen LogP contribution in [0.2, 0.25) is 0 Å². The largest absolute Gasteiger partial charge is 0.378 e. The van der Waals surface area contributed by atoms with Crippen LogP contribution < -0.4 is 20.4 Å². The third-order valence-corrected chi connectivity index (χ3v) is 6.24. The summed E-state index contributed by atoms with van der Waals surface area (Å²) in [4.78, 5) is 20.6. The number of carbonyl (C=O) groups is 1. The maximum absolute atomic E-state index is 12.6. The van der Waals surface area contributed by atoms with Crippen molar-refractivity contribution in [2.45, 2.75) is 6.54 Å². The molecule has 0 aliphatic carbocycles. The number of pyridine rings is 1. The van der Waals surface area contributed by atoms with Crippen molar-refractivity contribution in [3.63, 3.8) is 0 Å². The molecule has 0 radical (unpaired) electrons. The van der Waals surface area contributed by atoms with Gasteiger partial charge in [0.05, 0.1) is 11.4 Å². The summed E-state index contributed by atoms with van der Waals surface area (Å²) in [7, 11) is 3.92. The van der Waals surface area contributed by atoms with Gasteiger partial charge < -0.3 is 15.5 Å². The summed E-state index contributed by atoms with van der Waals surface area (Å²) < 4.78 is 0. The monoisotopic (exact) mass is 489 g/mol. The van der Waals surface area contributed by atoms with Crippen molar-refractivity contribution in [1.82, 2.24) is 10.3 Å². The van der Waals surface area contributed by atoms with Gasteiger partial charge in [0.15, 0.2) is 5.82 Å². The number of para-hydroxylation sites is 1. The van der Waals surface area contributed by atoms with E-state index >= 15 is 0 Å².